The predicted octanol–water partition coefficient (Wildman–Crippen LogP) is 2.70. The molecule has 7 heteroatoms. The number of rotatable bonds is 2. The molecule has 1 aromatic carbocycles. The zero-order chi connectivity index (χ0) is 15.9. The number of hydrogen-bond acceptors (Lipinski definition) is 4. The van der Waals surface area contributed by atoms with Gasteiger partial charge < -0.3 is 4.90 Å². The molecular formula is C15H16N2O3S2. The van der Waals surface area contributed by atoms with Crippen LogP contribution in [0.25, 0.3) is 0 Å². The highest BCUT2D eigenvalue weighted by molar-refractivity contribution is 7.94. The molecule has 0 N–H and O–H groups in total. The van der Waals surface area contributed by atoms with Gasteiger partial charge in [-0.15, -0.1) is 11.3 Å². The second-order valence-electron chi connectivity index (χ2n) is 5.23. The number of carbonyl (C=O) groups is 1. The molecule has 3 rings (SSSR count). The van der Waals surface area contributed by atoms with E-state index < -0.39 is 16.1 Å². The summed E-state index contributed by atoms with van der Waals surface area (Å²) in [6, 6.07) is 9.95. The number of para-hydroxylation sites is 2. The van der Waals surface area contributed by atoms with Crippen molar-refractivity contribution in [1.29, 1.82) is 0 Å². The maximum absolute atomic E-state index is 13.0. The minimum atomic E-state index is -3.68. The van der Waals surface area contributed by atoms with Crippen molar-refractivity contribution >= 4 is 38.6 Å². The van der Waals surface area contributed by atoms with Crippen molar-refractivity contribution in [2.45, 2.75) is 23.6 Å². The predicted molar refractivity (Wildman–Crippen MR) is 87.9 cm³/mol. The van der Waals surface area contributed by atoms with Crippen LogP contribution in [0.15, 0.2) is 46.0 Å². The molecule has 1 amide bonds. The molecule has 0 spiro atoms. The van der Waals surface area contributed by atoms with Gasteiger partial charge in [-0.1, -0.05) is 18.2 Å². The molecule has 0 bridgehead atoms. The first kappa shape index (κ1) is 15.1. The minimum Gasteiger partial charge on any atom is -0.313 e. The van der Waals surface area contributed by atoms with Crippen LogP contribution < -0.4 is 9.21 Å². The van der Waals surface area contributed by atoms with Gasteiger partial charge in [0.05, 0.1) is 17.4 Å². The Hall–Kier alpha value is -1.86. The van der Waals surface area contributed by atoms with Crippen molar-refractivity contribution in [1.82, 2.24) is 0 Å². The van der Waals surface area contributed by atoms with Crippen LogP contribution in [0.4, 0.5) is 11.4 Å². The van der Waals surface area contributed by atoms with Gasteiger partial charge in [-0.2, -0.15) is 0 Å². The Labute approximate surface area is 133 Å². The van der Waals surface area contributed by atoms with E-state index in [1.54, 1.807) is 55.7 Å². The highest BCUT2D eigenvalue weighted by atomic mass is 32.2. The SMILES string of the molecule is C[C@@H]1CC(=O)N(C)c2ccccc2N1S(=O)(=O)c1cccs1. The van der Waals surface area contributed by atoms with Gasteiger partial charge in [0, 0.05) is 13.5 Å². The molecule has 5 nitrogen and oxygen atoms in total. The summed E-state index contributed by atoms with van der Waals surface area (Å²) in [5.74, 6) is -0.0937. The third-order valence-electron chi connectivity index (χ3n) is 3.73. The van der Waals surface area contributed by atoms with Crippen molar-refractivity contribution in [2.24, 2.45) is 0 Å². The Morgan fingerprint density at radius 3 is 2.45 bits per heavy atom. The van der Waals surface area contributed by atoms with E-state index in [0.29, 0.717) is 11.4 Å². The van der Waals surface area contributed by atoms with Gasteiger partial charge in [0.2, 0.25) is 5.91 Å². The minimum absolute atomic E-state index is 0.0937. The number of amides is 1. The number of hydrogen-bond donors (Lipinski definition) is 0. The number of benzene rings is 1. The van der Waals surface area contributed by atoms with Crippen LogP contribution in [0.5, 0.6) is 0 Å². The Bertz CT molecular complexity index is 800. The van der Waals surface area contributed by atoms with Crippen molar-refractivity contribution in [2.75, 3.05) is 16.3 Å². The Kier molecular flexibility index (Phi) is 3.70. The van der Waals surface area contributed by atoms with Gasteiger partial charge in [-0.3, -0.25) is 9.10 Å². The van der Waals surface area contributed by atoms with Gasteiger partial charge in [-0.05, 0) is 30.5 Å². The summed E-state index contributed by atoms with van der Waals surface area (Å²) in [5.41, 5.74) is 1.15. The van der Waals surface area contributed by atoms with Crippen molar-refractivity contribution in [3.8, 4) is 0 Å². The lowest BCUT2D eigenvalue weighted by Crippen LogP contribution is -2.38. The molecule has 0 unspecified atom stereocenters. The summed E-state index contributed by atoms with van der Waals surface area (Å²) in [6.07, 6.45) is 0.149. The summed E-state index contributed by atoms with van der Waals surface area (Å²) in [6.45, 7) is 1.76. The van der Waals surface area contributed by atoms with Gasteiger partial charge in [0.25, 0.3) is 10.0 Å². The highest BCUT2D eigenvalue weighted by Gasteiger charge is 2.36. The third-order valence-corrected chi connectivity index (χ3v) is 7.03. The molecule has 22 heavy (non-hydrogen) atoms. The van der Waals surface area contributed by atoms with E-state index in [2.05, 4.69) is 0 Å². The number of carbonyl (C=O) groups excluding carboxylic acids is 1. The Morgan fingerprint density at radius 2 is 1.82 bits per heavy atom. The number of thiophene rings is 1. The van der Waals surface area contributed by atoms with Crippen LogP contribution >= 0.6 is 11.3 Å². The normalized spacial score (nSPS) is 19.0. The smallest absolute Gasteiger partial charge is 0.274 e. The van der Waals surface area contributed by atoms with Gasteiger partial charge in [0.15, 0.2) is 0 Å². The topological polar surface area (TPSA) is 57.7 Å². The van der Waals surface area contributed by atoms with E-state index in [1.807, 2.05) is 0 Å². The molecule has 0 radical (unpaired) electrons. The zero-order valence-electron chi connectivity index (χ0n) is 12.3. The molecule has 2 aromatic rings. The van der Waals surface area contributed by atoms with Gasteiger partial charge in [-0.25, -0.2) is 8.42 Å². The lowest BCUT2D eigenvalue weighted by Gasteiger charge is -2.28. The summed E-state index contributed by atoms with van der Waals surface area (Å²) in [4.78, 5) is 13.8. The summed E-state index contributed by atoms with van der Waals surface area (Å²) < 4.78 is 27.6. The number of nitrogens with zero attached hydrogens (tertiary/aromatic N) is 2. The first-order valence-electron chi connectivity index (χ1n) is 6.86. The molecule has 1 aliphatic rings. The molecule has 0 saturated carbocycles. The zero-order valence-corrected chi connectivity index (χ0v) is 13.9. The second-order valence-corrected chi connectivity index (χ2v) is 8.22. The van der Waals surface area contributed by atoms with E-state index >= 15 is 0 Å². The number of sulfonamides is 1. The summed E-state index contributed by atoms with van der Waals surface area (Å²) in [5, 5.41) is 1.73. The summed E-state index contributed by atoms with van der Waals surface area (Å²) >= 11 is 1.18. The molecule has 0 aliphatic carbocycles. The van der Waals surface area contributed by atoms with E-state index in [1.165, 1.54) is 20.5 Å². The lowest BCUT2D eigenvalue weighted by molar-refractivity contribution is -0.118. The highest BCUT2D eigenvalue weighted by Crippen LogP contribution is 2.38. The monoisotopic (exact) mass is 336 g/mol. The van der Waals surface area contributed by atoms with Crippen molar-refractivity contribution < 1.29 is 13.2 Å². The Balaban J connectivity index is 2.22. The van der Waals surface area contributed by atoms with Crippen molar-refractivity contribution in [3.63, 3.8) is 0 Å². The number of fused-ring (bicyclic) bond motifs is 1. The average molecular weight is 336 g/mol. The van der Waals surface area contributed by atoms with Crippen LogP contribution in [0.1, 0.15) is 13.3 Å². The van der Waals surface area contributed by atoms with E-state index in [4.69, 9.17) is 0 Å². The quantitative estimate of drug-likeness (QED) is 0.847. The van der Waals surface area contributed by atoms with Crippen LogP contribution in [-0.2, 0) is 14.8 Å². The standard InChI is InChI=1S/C15H16N2O3S2/c1-11-10-14(18)16(2)12-6-3-4-7-13(12)17(11)22(19,20)15-8-5-9-21-15/h3-9,11H,10H2,1-2H3/t11-/m1/s1. The van der Waals surface area contributed by atoms with Crippen LogP contribution in [0.3, 0.4) is 0 Å². The summed E-state index contributed by atoms with van der Waals surface area (Å²) in [7, 11) is -2.00. The van der Waals surface area contributed by atoms with Crippen LogP contribution in [0.2, 0.25) is 0 Å². The van der Waals surface area contributed by atoms with E-state index in [9.17, 15) is 13.2 Å². The maximum atomic E-state index is 13.0. The first-order chi connectivity index (χ1) is 10.4. The third kappa shape index (κ3) is 2.30. The fourth-order valence-corrected chi connectivity index (χ4v) is 5.40. The van der Waals surface area contributed by atoms with Crippen molar-refractivity contribution in [3.05, 3.63) is 41.8 Å². The molecule has 2 heterocycles. The molecular weight excluding hydrogens is 320 g/mol. The maximum Gasteiger partial charge on any atom is 0.274 e. The molecule has 1 aromatic heterocycles. The largest absolute Gasteiger partial charge is 0.313 e. The van der Waals surface area contributed by atoms with Crippen LogP contribution in [-0.4, -0.2) is 27.4 Å². The fourth-order valence-electron chi connectivity index (χ4n) is 2.65. The van der Waals surface area contributed by atoms with Gasteiger partial charge >= 0.3 is 0 Å². The molecule has 0 saturated heterocycles. The van der Waals surface area contributed by atoms with Gasteiger partial charge in [0.1, 0.15) is 4.21 Å². The fraction of sp³-hybridized carbons (Fsp3) is 0.267. The number of anilines is 2. The van der Waals surface area contributed by atoms with E-state index in [0.717, 1.165) is 0 Å². The Morgan fingerprint density at radius 1 is 1.14 bits per heavy atom. The molecule has 0 fully saturated rings. The lowest BCUT2D eigenvalue weighted by atomic mass is 10.2. The molecule has 116 valence electrons. The molecule has 1 aliphatic heterocycles. The molecule has 1 atom stereocenters. The van der Waals surface area contributed by atoms with E-state index in [-0.39, 0.29) is 16.5 Å². The second kappa shape index (κ2) is 5.40. The first-order valence-corrected chi connectivity index (χ1v) is 9.18. The average Bonchev–Trinajstić information content (AvgIpc) is 2.99. The van der Waals surface area contributed by atoms with Crippen LogP contribution in [0, 0.1) is 0 Å².